The fourth-order valence-electron chi connectivity index (χ4n) is 4.21. The molecule has 4 heterocycles. The number of rotatable bonds is 6. The summed E-state index contributed by atoms with van der Waals surface area (Å²) in [4.78, 5) is 37.8. The number of nitrogens with zero attached hydrogens (tertiary/aromatic N) is 6. The summed E-state index contributed by atoms with van der Waals surface area (Å²) >= 11 is 0. The van der Waals surface area contributed by atoms with E-state index in [1.807, 2.05) is 36.6 Å². The molecule has 1 atom stereocenters. The molecule has 1 aliphatic heterocycles. The minimum atomic E-state index is -0.368. The molecule has 0 aliphatic carbocycles. The maximum atomic E-state index is 13.6. The highest BCUT2D eigenvalue weighted by atomic mass is 16.2. The SMILES string of the molecule is CC(C)=CCn1c(N2CCCC(N)C2)nc2c1c(=O)n(CCc1ccccn1)c(=O)n2C. The monoisotopic (exact) mass is 437 g/mol. The smallest absolute Gasteiger partial charge is 0.332 e. The molecule has 2 N–H and O–H groups in total. The second kappa shape index (κ2) is 9.12. The van der Waals surface area contributed by atoms with Crippen LogP contribution in [-0.2, 0) is 26.6 Å². The van der Waals surface area contributed by atoms with Crippen LogP contribution in [-0.4, -0.2) is 42.8 Å². The predicted octanol–water partition coefficient (Wildman–Crippen LogP) is 1.43. The van der Waals surface area contributed by atoms with Gasteiger partial charge in [0, 0.05) is 57.6 Å². The van der Waals surface area contributed by atoms with Gasteiger partial charge < -0.3 is 15.2 Å². The molecular weight excluding hydrogens is 406 g/mol. The first-order valence-electron chi connectivity index (χ1n) is 11.1. The summed E-state index contributed by atoms with van der Waals surface area (Å²) in [5.41, 5.74) is 8.36. The van der Waals surface area contributed by atoms with Crippen LogP contribution in [0.4, 0.5) is 5.95 Å². The van der Waals surface area contributed by atoms with Crippen LogP contribution in [0.25, 0.3) is 11.2 Å². The fourth-order valence-corrected chi connectivity index (χ4v) is 4.21. The Morgan fingerprint density at radius 3 is 2.75 bits per heavy atom. The first-order valence-corrected chi connectivity index (χ1v) is 11.1. The molecule has 1 saturated heterocycles. The highest BCUT2D eigenvalue weighted by molar-refractivity contribution is 5.74. The molecule has 170 valence electrons. The summed E-state index contributed by atoms with van der Waals surface area (Å²) in [5.74, 6) is 0.697. The van der Waals surface area contributed by atoms with Gasteiger partial charge in [0.05, 0.1) is 0 Å². The summed E-state index contributed by atoms with van der Waals surface area (Å²) in [7, 11) is 1.67. The molecule has 0 aromatic carbocycles. The van der Waals surface area contributed by atoms with Gasteiger partial charge in [-0.25, -0.2) is 4.79 Å². The van der Waals surface area contributed by atoms with Gasteiger partial charge in [-0.2, -0.15) is 4.98 Å². The largest absolute Gasteiger partial charge is 0.341 e. The van der Waals surface area contributed by atoms with Crippen LogP contribution < -0.4 is 21.9 Å². The van der Waals surface area contributed by atoms with Gasteiger partial charge >= 0.3 is 5.69 Å². The molecule has 3 aromatic heterocycles. The van der Waals surface area contributed by atoms with E-state index in [0.29, 0.717) is 36.6 Å². The zero-order chi connectivity index (χ0) is 22.8. The van der Waals surface area contributed by atoms with Crippen molar-refractivity contribution in [3.8, 4) is 0 Å². The lowest BCUT2D eigenvalue weighted by Gasteiger charge is -2.31. The van der Waals surface area contributed by atoms with Crippen molar-refractivity contribution in [1.29, 1.82) is 0 Å². The van der Waals surface area contributed by atoms with Gasteiger partial charge in [0.1, 0.15) is 0 Å². The number of aryl methyl sites for hydroxylation is 2. The van der Waals surface area contributed by atoms with Crippen LogP contribution in [0.3, 0.4) is 0 Å². The number of imidazole rings is 1. The third kappa shape index (κ3) is 4.25. The molecule has 9 heteroatoms. The molecule has 9 nitrogen and oxygen atoms in total. The summed E-state index contributed by atoms with van der Waals surface area (Å²) in [6.07, 6.45) is 6.22. The predicted molar refractivity (Wildman–Crippen MR) is 126 cm³/mol. The Kier molecular flexibility index (Phi) is 6.27. The Bertz CT molecular complexity index is 1250. The zero-order valence-corrected chi connectivity index (χ0v) is 19.0. The van der Waals surface area contributed by atoms with E-state index in [9.17, 15) is 9.59 Å². The molecule has 0 bridgehead atoms. The van der Waals surface area contributed by atoms with Crippen molar-refractivity contribution < 1.29 is 0 Å². The van der Waals surface area contributed by atoms with Gasteiger partial charge in [0.15, 0.2) is 11.2 Å². The Morgan fingerprint density at radius 1 is 1.25 bits per heavy atom. The topological polar surface area (TPSA) is 104 Å². The maximum absolute atomic E-state index is 13.6. The molecule has 32 heavy (non-hydrogen) atoms. The molecule has 1 unspecified atom stereocenters. The number of fused-ring (bicyclic) bond motifs is 1. The van der Waals surface area contributed by atoms with Crippen molar-refractivity contribution in [2.45, 2.75) is 52.2 Å². The summed E-state index contributed by atoms with van der Waals surface area (Å²) in [5, 5.41) is 0. The summed E-state index contributed by atoms with van der Waals surface area (Å²) in [6, 6.07) is 5.71. The number of pyridine rings is 1. The number of hydrogen-bond acceptors (Lipinski definition) is 6. The minimum absolute atomic E-state index is 0.0688. The molecular formula is C23H31N7O2. The quantitative estimate of drug-likeness (QED) is 0.585. The van der Waals surface area contributed by atoms with Crippen LogP contribution in [0.1, 0.15) is 32.4 Å². The molecule has 0 amide bonds. The van der Waals surface area contributed by atoms with Crippen molar-refractivity contribution in [3.63, 3.8) is 0 Å². The Hall–Kier alpha value is -3.20. The van der Waals surface area contributed by atoms with Crippen LogP contribution in [0.15, 0.2) is 45.6 Å². The van der Waals surface area contributed by atoms with E-state index >= 15 is 0 Å². The molecule has 0 saturated carbocycles. The zero-order valence-electron chi connectivity index (χ0n) is 19.0. The van der Waals surface area contributed by atoms with Crippen molar-refractivity contribution in [2.75, 3.05) is 18.0 Å². The van der Waals surface area contributed by atoms with E-state index in [1.54, 1.807) is 13.2 Å². The standard InChI is InChI=1S/C23H31N7O2/c1-16(2)9-13-29-19-20(26-22(29)28-12-6-7-17(24)15-28)27(3)23(32)30(21(19)31)14-10-18-8-4-5-11-25-18/h4-5,8-9,11,17H,6-7,10,12-15,24H2,1-3H3. The number of nitrogens with two attached hydrogens (primary N) is 1. The Morgan fingerprint density at radius 2 is 2.06 bits per heavy atom. The lowest BCUT2D eigenvalue weighted by atomic mass is 10.1. The average molecular weight is 438 g/mol. The van der Waals surface area contributed by atoms with Crippen LogP contribution >= 0.6 is 0 Å². The van der Waals surface area contributed by atoms with Crippen molar-refractivity contribution in [1.82, 2.24) is 23.7 Å². The lowest BCUT2D eigenvalue weighted by molar-refractivity contribution is 0.495. The van der Waals surface area contributed by atoms with Gasteiger partial charge in [-0.3, -0.25) is 18.9 Å². The van der Waals surface area contributed by atoms with Crippen molar-refractivity contribution >= 4 is 17.1 Å². The highest BCUT2D eigenvalue weighted by Gasteiger charge is 2.26. The number of piperidine rings is 1. The van der Waals surface area contributed by atoms with Gasteiger partial charge in [0.25, 0.3) is 5.56 Å². The first-order chi connectivity index (χ1) is 15.4. The number of hydrogen-bond donors (Lipinski definition) is 1. The van der Waals surface area contributed by atoms with Gasteiger partial charge in [-0.15, -0.1) is 0 Å². The number of anilines is 1. The summed E-state index contributed by atoms with van der Waals surface area (Å²) < 4.78 is 4.70. The van der Waals surface area contributed by atoms with Crippen LogP contribution in [0.2, 0.25) is 0 Å². The van der Waals surface area contributed by atoms with E-state index in [2.05, 4.69) is 16.0 Å². The van der Waals surface area contributed by atoms with Crippen LogP contribution in [0, 0.1) is 0 Å². The number of allylic oxidation sites excluding steroid dienone is 2. The lowest BCUT2D eigenvalue weighted by Crippen LogP contribution is -2.44. The van der Waals surface area contributed by atoms with E-state index < -0.39 is 0 Å². The fraction of sp³-hybridized carbons (Fsp3) is 0.478. The normalized spacial score (nSPS) is 16.5. The second-order valence-corrected chi connectivity index (χ2v) is 8.69. The van der Waals surface area contributed by atoms with E-state index in [1.165, 1.54) is 9.13 Å². The molecule has 1 aliphatic rings. The third-order valence-electron chi connectivity index (χ3n) is 5.95. The van der Waals surface area contributed by atoms with E-state index in [4.69, 9.17) is 10.7 Å². The van der Waals surface area contributed by atoms with E-state index in [-0.39, 0.29) is 23.8 Å². The van der Waals surface area contributed by atoms with E-state index in [0.717, 1.165) is 30.7 Å². The van der Waals surface area contributed by atoms with Crippen molar-refractivity contribution in [2.24, 2.45) is 12.8 Å². The highest BCUT2D eigenvalue weighted by Crippen LogP contribution is 2.23. The Balaban J connectivity index is 1.85. The van der Waals surface area contributed by atoms with Crippen molar-refractivity contribution in [3.05, 3.63) is 62.6 Å². The summed E-state index contributed by atoms with van der Waals surface area (Å²) in [6.45, 7) is 6.32. The van der Waals surface area contributed by atoms with Crippen LogP contribution in [0.5, 0.6) is 0 Å². The molecule has 0 radical (unpaired) electrons. The molecule has 0 spiro atoms. The molecule has 4 rings (SSSR count). The minimum Gasteiger partial charge on any atom is -0.341 e. The molecule has 3 aromatic rings. The maximum Gasteiger partial charge on any atom is 0.332 e. The average Bonchev–Trinajstić information content (AvgIpc) is 3.17. The van der Waals surface area contributed by atoms with Gasteiger partial charge in [-0.1, -0.05) is 17.7 Å². The third-order valence-corrected chi connectivity index (χ3v) is 5.95. The van der Waals surface area contributed by atoms with Gasteiger partial charge in [-0.05, 0) is 38.8 Å². The van der Waals surface area contributed by atoms with Gasteiger partial charge in [0.2, 0.25) is 5.95 Å². The molecule has 1 fully saturated rings. The number of aromatic nitrogens is 5. The first kappa shape index (κ1) is 22.0. The second-order valence-electron chi connectivity index (χ2n) is 8.69. The Labute approximate surface area is 186 Å².